The molecule has 2 aromatic heterocycles. The Labute approximate surface area is 197 Å². The molecule has 0 saturated carbocycles. The van der Waals surface area contributed by atoms with E-state index in [4.69, 9.17) is 4.74 Å². The molecule has 0 saturated heterocycles. The van der Waals surface area contributed by atoms with E-state index >= 15 is 0 Å². The van der Waals surface area contributed by atoms with Gasteiger partial charge in [0.15, 0.2) is 11.0 Å². The van der Waals surface area contributed by atoms with Crippen molar-refractivity contribution in [3.8, 4) is 17.1 Å². The molecule has 1 N–H and O–H groups in total. The second-order valence-corrected chi connectivity index (χ2v) is 10.4. The Balaban J connectivity index is 1.46. The zero-order valence-corrected chi connectivity index (χ0v) is 20.7. The maximum atomic E-state index is 12.5. The molecule has 170 valence electrons. The number of aromatic nitrogens is 3. The quantitative estimate of drug-likeness (QED) is 0.419. The molecule has 8 heteroatoms. The number of hydrogen-bond acceptors (Lipinski definition) is 6. The number of nitrogens with one attached hydrogen (secondary N) is 1. The fourth-order valence-corrected chi connectivity index (χ4v) is 6.13. The normalized spacial score (nSPS) is 15.6. The van der Waals surface area contributed by atoms with E-state index in [9.17, 15) is 4.79 Å². The van der Waals surface area contributed by atoms with Crippen LogP contribution in [0.5, 0.6) is 5.75 Å². The molecule has 0 bridgehead atoms. The Bertz CT molecular complexity index is 1070. The summed E-state index contributed by atoms with van der Waals surface area (Å²) >= 11 is 3.27. The number of thioether (sulfide) groups is 1. The Kier molecular flexibility index (Phi) is 7.20. The minimum absolute atomic E-state index is 0.0686. The van der Waals surface area contributed by atoms with Gasteiger partial charge in [0.2, 0.25) is 5.91 Å². The van der Waals surface area contributed by atoms with Gasteiger partial charge in [0, 0.05) is 27.5 Å². The lowest BCUT2D eigenvalue weighted by Crippen LogP contribution is -2.15. The molecule has 1 aliphatic rings. The van der Waals surface area contributed by atoms with Crippen LogP contribution in [0.15, 0.2) is 34.8 Å². The molecular weight excluding hydrogens is 440 g/mol. The minimum atomic E-state index is -0.0686. The summed E-state index contributed by atoms with van der Waals surface area (Å²) in [7, 11) is 0. The lowest BCUT2D eigenvalue weighted by atomic mass is 9.88. The Morgan fingerprint density at radius 2 is 2.09 bits per heavy atom. The van der Waals surface area contributed by atoms with E-state index in [2.05, 4.69) is 46.2 Å². The summed E-state index contributed by atoms with van der Waals surface area (Å²) in [4.78, 5) is 14.0. The zero-order valence-electron chi connectivity index (χ0n) is 19.1. The third kappa shape index (κ3) is 5.02. The molecule has 0 radical (unpaired) electrons. The van der Waals surface area contributed by atoms with E-state index in [1.807, 2.05) is 42.5 Å². The standard InChI is InChI=1S/C24H30N4O2S2/c1-5-30-18-9-7-17(8-10-18)25-22(29)14-32-24-27-26-23(28(24)15(2)3)20-13-31-21-12-16(4)6-11-19(20)21/h7-10,13,15-16H,5-6,11-12,14H2,1-4H3,(H,25,29). The van der Waals surface area contributed by atoms with Crippen LogP contribution in [0.25, 0.3) is 11.4 Å². The average molecular weight is 471 g/mol. The first-order chi connectivity index (χ1) is 15.5. The number of benzene rings is 1. The Morgan fingerprint density at radius 1 is 1.31 bits per heavy atom. The van der Waals surface area contributed by atoms with Crippen LogP contribution in [0.2, 0.25) is 0 Å². The van der Waals surface area contributed by atoms with Crippen molar-refractivity contribution >= 4 is 34.7 Å². The molecule has 2 heterocycles. The van der Waals surface area contributed by atoms with Gasteiger partial charge in [0.1, 0.15) is 5.75 Å². The average Bonchev–Trinajstić information content (AvgIpc) is 3.37. The third-order valence-corrected chi connectivity index (χ3v) is 7.60. The fraction of sp³-hybridized carbons (Fsp3) is 0.458. The van der Waals surface area contributed by atoms with Crippen molar-refractivity contribution in [3.05, 3.63) is 40.1 Å². The number of ether oxygens (including phenoxy) is 1. The van der Waals surface area contributed by atoms with E-state index in [0.29, 0.717) is 6.61 Å². The first-order valence-corrected chi connectivity index (χ1v) is 13.0. The molecule has 3 aromatic rings. The number of anilines is 1. The van der Waals surface area contributed by atoms with E-state index in [1.165, 1.54) is 34.2 Å². The third-order valence-electron chi connectivity index (χ3n) is 5.61. The summed E-state index contributed by atoms with van der Waals surface area (Å²) in [5.74, 6) is 2.67. The van der Waals surface area contributed by atoms with E-state index in [-0.39, 0.29) is 17.7 Å². The number of nitrogens with zero attached hydrogens (tertiary/aromatic N) is 3. The number of fused-ring (bicyclic) bond motifs is 1. The van der Waals surface area contributed by atoms with Crippen LogP contribution in [0.4, 0.5) is 5.69 Å². The molecule has 4 rings (SSSR count). The first-order valence-electron chi connectivity index (χ1n) is 11.2. The summed E-state index contributed by atoms with van der Waals surface area (Å²) in [6.45, 7) is 9.16. The predicted octanol–water partition coefficient (Wildman–Crippen LogP) is 5.84. The van der Waals surface area contributed by atoms with E-state index < -0.39 is 0 Å². The van der Waals surface area contributed by atoms with Gasteiger partial charge in [-0.05, 0) is 75.8 Å². The zero-order chi connectivity index (χ0) is 22.7. The highest BCUT2D eigenvalue weighted by Crippen LogP contribution is 2.39. The molecule has 1 amide bonds. The number of hydrogen-bond donors (Lipinski definition) is 1. The number of rotatable bonds is 8. The largest absolute Gasteiger partial charge is 0.494 e. The molecule has 1 aliphatic carbocycles. The predicted molar refractivity (Wildman–Crippen MR) is 132 cm³/mol. The number of thiophene rings is 1. The van der Waals surface area contributed by atoms with Crippen LogP contribution >= 0.6 is 23.1 Å². The summed E-state index contributed by atoms with van der Waals surface area (Å²) in [6, 6.07) is 7.62. The van der Waals surface area contributed by atoms with Gasteiger partial charge in [-0.25, -0.2) is 0 Å². The Hall–Kier alpha value is -2.32. The molecule has 1 aromatic carbocycles. The maximum absolute atomic E-state index is 12.5. The molecule has 1 atom stereocenters. The van der Waals surface area contributed by atoms with Gasteiger partial charge in [-0.15, -0.1) is 21.5 Å². The van der Waals surface area contributed by atoms with Crippen molar-refractivity contribution in [2.45, 2.75) is 58.2 Å². The van der Waals surface area contributed by atoms with Crippen molar-refractivity contribution in [2.75, 3.05) is 17.7 Å². The van der Waals surface area contributed by atoms with Crippen LogP contribution in [0.3, 0.4) is 0 Å². The van der Waals surface area contributed by atoms with Gasteiger partial charge in [-0.2, -0.15) is 0 Å². The smallest absolute Gasteiger partial charge is 0.234 e. The van der Waals surface area contributed by atoms with Gasteiger partial charge in [-0.1, -0.05) is 18.7 Å². The highest BCUT2D eigenvalue weighted by atomic mass is 32.2. The van der Waals surface area contributed by atoms with Gasteiger partial charge < -0.3 is 10.1 Å². The maximum Gasteiger partial charge on any atom is 0.234 e. The minimum Gasteiger partial charge on any atom is -0.494 e. The molecule has 6 nitrogen and oxygen atoms in total. The van der Waals surface area contributed by atoms with Crippen LogP contribution in [0, 0.1) is 5.92 Å². The lowest BCUT2D eigenvalue weighted by Gasteiger charge is -2.19. The lowest BCUT2D eigenvalue weighted by molar-refractivity contribution is -0.113. The van der Waals surface area contributed by atoms with Crippen molar-refractivity contribution in [3.63, 3.8) is 0 Å². The number of carbonyl (C=O) groups excluding carboxylic acids is 1. The summed E-state index contributed by atoms with van der Waals surface area (Å²) < 4.78 is 7.61. The fourth-order valence-electron chi connectivity index (χ4n) is 4.02. The van der Waals surface area contributed by atoms with Crippen LogP contribution < -0.4 is 10.1 Å². The topological polar surface area (TPSA) is 69.0 Å². The van der Waals surface area contributed by atoms with Crippen LogP contribution in [-0.4, -0.2) is 33.0 Å². The monoisotopic (exact) mass is 470 g/mol. The van der Waals surface area contributed by atoms with E-state index in [1.54, 1.807) is 0 Å². The summed E-state index contributed by atoms with van der Waals surface area (Å²) in [5.41, 5.74) is 3.40. The second-order valence-electron chi connectivity index (χ2n) is 8.46. The summed E-state index contributed by atoms with van der Waals surface area (Å²) in [5, 5.41) is 15.0. The van der Waals surface area contributed by atoms with Crippen molar-refractivity contribution in [1.82, 2.24) is 14.8 Å². The molecular formula is C24H30N4O2S2. The van der Waals surface area contributed by atoms with Crippen LogP contribution in [-0.2, 0) is 17.6 Å². The van der Waals surface area contributed by atoms with Crippen LogP contribution in [0.1, 0.15) is 50.6 Å². The van der Waals surface area contributed by atoms with Gasteiger partial charge in [0.05, 0.1) is 12.4 Å². The molecule has 1 unspecified atom stereocenters. The molecule has 0 aliphatic heterocycles. The molecule has 0 fully saturated rings. The number of amides is 1. The first kappa shape index (κ1) is 22.9. The van der Waals surface area contributed by atoms with Gasteiger partial charge in [-0.3, -0.25) is 9.36 Å². The van der Waals surface area contributed by atoms with Gasteiger partial charge in [0.25, 0.3) is 0 Å². The summed E-state index contributed by atoms with van der Waals surface area (Å²) in [6.07, 6.45) is 3.48. The Morgan fingerprint density at radius 3 is 2.81 bits per heavy atom. The van der Waals surface area contributed by atoms with Crippen molar-refractivity contribution < 1.29 is 9.53 Å². The molecule has 32 heavy (non-hydrogen) atoms. The van der Waals surface area contributed by atoms with Crippen molar-refractivity contribution in [2.24, 2.45) is 5.92 Å². The van der Waals surface area contributed by atoms with Gasteiger partial charge >= 0.3 is 0 Å². The van der Waals surface area contributed by atoms with E-state index in [0.717, 1.165) is 41.2 Å². The highest BCUT2D eigenvalue weighted by molar-refractivity contribution is 7.99. The number of carbonyl (C=O) groups is 1. The highest BCUT2D eigenvalue weighted by Gasteiger charge is 2.25. The second kappa shape index (κ2) is 10.1. The SMILES string of the molecule is CCOc1ccc(NC(=O)CSc2nnc(-c3csc4c3CCC(C)C4)n2C(C)C)cc1. The van der Waals surface area contributed by atoms with Crippen molar-refractivity contribution in [1.29, 1.82) is 0 Å². The molecule has 0 spiro atoms.